The van der Waals surface area contributed by atoms with Crippen LogP contribution in [0.5, 0.6) is 0 Å². The van der Waals surface area contributed by atoms with Gasteiger partial charge in [-0.05, 0) is 60.7 Å². The first-order chi connectivity index (χ1) is 17.2. The minimum Gasteiger partial charge on any atom is -0.449 e. The fourth-order valence-electron chi connectivity index (χ4n) is 4.16. The molecule has 0 bridgehead atoms. The summed E-state index contributed by atoms with van der Waals surface area (Å²) in [7, 11) is 0. The summed E-state index contributed by atoms with van der Waals surface area (Å²) in [6.45, 7) is 7.63. The van der Waals surface area contributed by atoms with Crippen LogP contribution in [-0.2, 0) is 16.1 Å². The lowest BCUT2D eigenvalue weighted by Gasteiger charge is -2.19. The molecular weight excluding hydrogens is 456 g/mol. The van der Waals surface area contributed by atoms with Gasteiger partial charge in [0.25, 0.3) is 17.7 Å². The molecule has 184 valence electrons. The van der Waals surface area contributed by atoms with E-state index >= 15 is 0 Å². The molecule has 1 heterocycles. The van der Waals surface area contributed by atoms with Gasteiger partial charge in [-0.2, -0.15) is 0 Å². The zero-order valence-corrected chi connectivity index (χ0v) is 20.7. The molecule has 0 saturated carbocycles. The third-order valence-corrected chi connectivity index (χ3v) is 6.24. The molecule has 7 heteroatoms. The Bertz CT molecular complexity index is 1310. The Hall–Kier alpha value is -4.26. The van der Waals surface area contributed by atoms with Gasteiger partial charge in [-0.15, -0.1) is 0 Å². The van der Waals surface area contributed by atoms with Crippen molar-refractivity contribution >= 4 is 29.4 Å². The van der Waals surface area contributed by atoms with Gasteiger partial charge in [0.05, 0.1) is 23.2 Å². The minimum atomic E-state index is -1.00. The van der Waals surface area contributed by atoms with Crippen LogP contribution in [0.25, 0.3) is 0 Å². The molecule has 7 nitrogen and oxygen atoms in total. The number of hydrogen-bond donors (Lipinski definition) is 1. The molecule has 0 radical (unpaired) electrons. The van der Waals surface area contributed by atoms with Crippen molar-refractivity contribution in [1.29, 1.82) is 0 Å². The predicted octanol–water partition coefficient (Wildman–Crippen LogP) is 5.10. The number of rotatable bonds is 7. The first kappa shape index (κ1) is 24.9. The zero-order valence-electron chi connectivity index (χ0n) is 20.7. The number of imide groups is 1. The van der Waals surface area contributed by atoms with Gasteiger partial charge in [-0.25, -0.2) is 4.79 Å². The van der Waals surface area contributed by atoms with Crippen LogP contribution in [0, 0.1) is 6.92 Å². The highest BCUT2D eigenvalue weighted by Gasteiger charge is 2.35. The van der Waals surface area contributed by atoms with Crippen LogP contribution < -0.4 is 5.32 Å². The van der Waals surface area contributed by atoms with Crippen LogP contribution in [0.2, 0.25) is 0 Å². The molecule has 0 spiro atoms. The van der Waals surface area contributed by atoms with Crippen LogP contribution in [0.15, 0.2) is 66.7 Å². The molecule has 36 heavy (non-hydrogen) atoms. The third kappa shape index (κ3) is 4.91. The highest BCUT2D eigenvalue weighted by molar-refractivity contribution is 6.21. The number of para-hydroxylation sites is 1. The summed E-state index contributed by atoms with van der Waals surface area (Å²) in [5.41, 5.74) is 4.41. The van der Waals surface area contributed by atoms with Crippen molar-refractivity contribution in [3.05, 3.63) is 100 Å². The second-order valence-corrected chi connectivity index (χ2v) is 9.17. The first-order valence-electron chi connectivity index (χ1n) is 11.8. The highest BCUT2D eigenvalue weighted by Crippen LogP contribution is 2.28. The molecule has 1 aliphatic heterocycles. The standard InChI is InChI=1S/C29H28N2O5/c1-17(2)22-11-7-8-18(3)25(22)30-26(32)19(4)36-29(35)21-14-12-20(13-15-21)16-31-27(33)23-9-5-6-10-24(23)28(31)34/h5-15,17,19H,16H2,1-4H3,(H,30,32). The average Bonchev–Trinajstić information content (AvgIpc) is 3.10. The smallest absolute Gasteiger partial charge is 0.338 e. The van der Waals surface area contributed by atoms with Crippen LogP contribution in [-0.4, -0.2) is 34.7 Å². The van der Waals surface area contributed by atoms with Gasteiger partial charge in [0.2, 0.25) is 0 Å². The normalized spacial score (nSPS) is 13.5. The number of ether oxygens (including phenoxy) is 1. The fraction of sp³-hybridized carbons (Fsp3) is 0.241. The molecule has 0 saturated heterocycles. The lowest BCUT2D eigenvalue weighted by atomic mass is 9.98. The molecule has 1 unspecified atom stereocenters. The summed E-state index contributed by atoms with van der Waals surface area (Å²) in [5.74, 6) is -1.51. The zero-order chi connectivity index (χ0) is 26.0. The highest BCUT2D eigenvalue weighted by atomic mass is 16.5. The quantitative estimate of drug-likeness (QED) is 0.372. The number of amides is 3. The molecule has 0 fully saturated rings. The van der Waals surface area contributed by atoms with Crippen molar-refractivity contribution in [3.63, 3.8) is 0 Å². The summed E-state index contributed by atoms with van der Waals surface area (Å²) < 4.78 is 5.39. The van der Waals surface area contributed by atoms with Crippen molar-refractivity contribution in [2.24, 2.45) is 0 Å². The van der Waals surface area contributed by atoms with E-state index in [0.717, 1.165) is 16.8 Å². The van der Waals surface area contributed by atoms with Crippen molar-refractivity contribution in [1.82, 2.24) is 4.90 Å². The van der Waals surface area contributed by atoms with Crippen molar-refractivity contribution in [2.75, 3.05) is 5.32 Å². The molecule has 0 aromatic heterocycles. The molecule has 3 aromatic rings. The van der Waals surface area contributed by atoms with Gasteiger partial charge in [0.15, 0.2) is 6.10 Å². The molecular formula is C29H28N2O5. The summed E-state index contributed by atoms with van der Waals surface area (Å²) >= 11 is 0. The van der Waals surface area contributed by atoms with Crippen molar-refractivity contribution in [2.45, 2.75) is 46.3 Å². The lowest BCUT2D eigenvalue weighted by Crippen LogP contribution is -2.30. The maximum atomic E-state index is 12.8. The monoisotopic (exact) mass is 484 g/mol. The molecule has 3 amide bonds. The predicted molar refractivity (Wildman–Crippen MR) is 136 cm³/mol. The largest absolute Gasteiger partial charge is 0.449 e. The van der Waals surface area contributed by atoms with E-state index in [-0.39, 0.29) is 29.8 Å². The number of hydrogen-bond acceptors (Lipinski definition) is 5. The van der Waals surface area contributed by atoms with Crippen molar-refractivity contribution in [3.8, 4) is 0 Å². The van der Waals surface area contributed by atoms with Gasteiger partial charge < -0.3 is 10.1 Å². The molecule has 1 atom stereocenters. The van der Waals surface area contributed by atoms with E-state index in [0.29, 0.717) is 16.7 Å². The molecule has 1 N–H and O–H groups in total. The Morgan fingerprint density at radius 2 is 1.47 bits per heavy atom. The fourth-order valence-corrected chi connectivity index (χ4v) is 4.16. The molecule has 1 aliphatic rings. The van der Waals surface area contributed by atoms with E-state index in [1.165, 1.54) is 11.8 Å². The number of nitrogens with zero attached hydrogens (tertiary/aromatic N) is 1. The number of aryl methyl sites for hydroxylation is 1. The van der Waals surface area contributed by atoms with E-state index < -0.39 is 18.0 Å². The van der Waals surface area contributed by atoms with Crippen LogP contribution in [0.4, 0.5) is 5.69 Å². The van der Waals surface area contributed by atoms with Gasteiger partial charge in [0, 0.05) is 5.69 Å². The van der Waals surface area contributed by atoms with E-state index in [1.54, 1.807) is 48.5 Å². The summed E-state index contributed by atoms with van der Waals surface area (Å²) in [5, 5.41) is 2.90. The van der Waals surface area contributed by atoms with E-state index in [4.69, 9.17) is 4.74 Å². The van der Waals surface area contributed by atoms with Gasteiger partial charge in [0.1, 0.15) is 0 Å². The number of esters is 1. The van der Waals surface area contributed by atoms with Crippen LogP contribution in [0.1, 0.15) is 74.5 Å². The first-order valence-corrected chi connectivity index (χ1v) is 11.8. The Morgan fingerprint density at radius 1 is 0.861 bits per heavy atom. The number of benzene rings is 3. The lowest BCUT2D eigenvalue weighted by molar-refractivity contribution is -0.123. The van der Waals surface area contributed by atoms with E-state index in [1.807, 2.05) is 39.0 Å². The number of nitrogens with one attached hydrogen (secondary N) is 1. The minimum absolute atomic E-state index is 0.0924. The molecule has 0 aliphatic carbocycles. The Kier molecular flexibility index (Phi) is 7.01. The second kappa shape index (κ2) is 10.2. The van der Waals surface area contributed by atoms with Crippen LogP contribution >= 0.6 is 0 Å². The number of carbonyl (C=O) groups excluding carboxylic acids is 4. The van der Waals surface area contributed by atoms with Gasteiger partial charge >= 0.3 is 5.97 Å². The maximum Gasteiger partial charge on any atom is 0.338 e. The summed E-state index contributed by atoms with van der Waals surface area (Å²) in [6, 6.07) is 19.0. The number of fused-ring (bicyclic) bond motifs is 1. The Morgan fingerprint density at radius 3 is 2.06 bits per heavy atom. The van der Waals surface area contributed by atoms with Gasteiger partial charge in [-0.3, -0.25) is 19.3 Å². The summed E-state index contributed by atoms with van der Waals surface area (Å²) in [6.07, 6.45) is -1.00. The SMILES string of the molecule is Cc1cccc(C(C)C)c1NC(=O)C(C)OC(=O)c1ccc(CN2C(=O)c3ccccc3C2=O)cc1. The Labute approximate surface area is 210 Å². The number of anilines is 1. The van der Waals surface area contributed by atoms with Crippen LogP contribution in [0.3, 0.4) is 0 Å². The number of carbonyl (C=O) groups is 4. The Balaban J connectivity index is 1.38. The summed E-state index contributed by atoms with van der Waals surface area (Å²) in [4.78, 5) is 51.7. The average molecular weight is 485 g/mol. The van der Waals surface area contributed by atoms with Gasteiger partial charge in [-0.1, -0.05) is 56.3 Å². The molecule has 4 rings (SSSR count). The maximum absolute atomic E-state index is 12.8. The third-order valence-electron chi connectivity index (χ3n) is 6.24. The van der Waals surface area contributed by atoms with E-state index in [9.17, 15) is 19.2 Å². The topological polar surface area (TPSA) is 92.8 Å². The van der Waals surface area contributed by atoms with E-state index in [2.05, 4.69) is 5.32 Å². The van der Waals surface area contributed by atoms with Crippen molar-refractivity contribution < 1.29 is 23.9 Å². The molecule has 3 aromatic carbocycles. The second-order valence-electron chi connectivity index (χ2n) is 9.17.